The van der Waals surface area contributed by atoms with Crippen LogP contribution in [0.4, 0.5) is 0 Å². The first-order valence-electron chi connectivity index (χ1n) is 20.2. The number of carbonyl (C=O) groups excluding carboxylic acids is 2. The minimum atomic E-state index is 0.0467. The van der Waals surface area contributed by atoms with E-state index < -0.39 is 0 Å². The molecule has 2 aliphatic heterocycles. The third-order valence-corrected chi connectivity index (χ3v) is 13.1. The van der Waals surface area contributed by atoms with Crippen molar-refractivity contribution in [1.82, 2.24) is 0 Å². The lowest BCUT2D eigenvalue weighted by atomic mass is 9.47. The van der Waals surface area contributed by atoms with Crippen LogP contribution in [0.1, 0.15) is 140 Å². The van der Waals surface area contributed by atoms with E-state index in [1.165, 1.54) is 44.9 Å². The Morgan fingerprint density at radius 3 is 2.33 bits per heavy atom. The van der Waals surface area contributed by atoms with Crippen LogP contribution in [0.15, 0.2) is 42.0 Å². The van der Waals surface area contributed by atoms with Crippen molar-refractivity contribution in [3.8, 4) is 0 Å². The van der Waals surface area contributed by atoms with Gasteiger partial charge in [-0.1, -0.05) is 111 Å². The Morgan fingerprint density at radius 1 is 1.00 bits per heavy atom. The molecule has 2 bridgehead atoms. The van der Waals surface area contributed by atoms with Crippen LogP contribution >= 0.6 is 0 Å². The number of hydrogen-bond donors (Lipinski definition) is 0. The summed E-state index contributed by atoms with van der Waals surface area (Å²) in [6.07, 6.45) is 14.8. The third-order valence-electron chi connectivity index (χ3n) is 13.1. The average Bonchev–Trinajstić information content (AvgIpc) is 3.76. The maximum Gasteiger partial charge on any atom is 0.293 e. The van der Waals surface area contributed by atoms with Crippen LogP contribution in [-0.2, 0) is 30.4 Å². The summed E-state index contributed by atoms with van der Waals surface area (Å²) in [5.41, 5.74) is 3.62. The maximum atomic E-state index is 11.7. The van der Waals surface area contributed by atoms with Crippen molar-refractivity contribution in [3.63, 3.8) is 0 Å². The Hall–Kier alpha value is -1.98. The van der Waals surface area contributed by atoms with Crippen molar-refractivity contribution >= 4 is 12.3 Å². The summed E-state index contributed by atoms with van der Waals surface area (Å²) in [5.74, 6) is 5.32. The topological polar surface area (TPSA) is 61.8 Å². The van der Waals surface area contributed by atoms with E-state index in [0.717, 1.165) is 48.7 Å². The van der Waals surface area contributed by atoms with Crippen LogP contribution in [0.2, 0.25) is 0 Å². The first-order valence-corrected chi connectivity index (χ1v) is 20.2. The van der Waals surface area contributed by atoms with E-state index in [2.05, 4.69) is 38.5 Å². The molecular weight excluding hydrogens is 608 g/mol. The second-order valence-electron chi connectivity index (χ2n) is 15.5. The molecule has 2 spiro atoms. The fourth-order valence-corrected chi connectivity index (χ4v) is 11.3. The van der Waals surface area contributed by atoms with Gasteiger partial charge in [-0.05, 0) is 111 Å². The standard InChI is InChI=1S/C30H46O3.C8H8O2.3C2H6/c1-18(2)14-21-10-12-28(5)22(15-21)6-7-26-25(28)9-8-24-23-17-33-29(20(4)30(24,26)29)13-11-27(23)32-16-19(3)31;9-7-10-6-8-4-2-1-3-5-8;3*1-2/h7,18,20-25,27H,6,8-17H2,1-5H3;1-5,7H,6H2;3*1-2H3. The molecule has 2 heterocycles. The van der Waals surface area contributed by atoms with Gasteiger partial charge in [0.25, 0.3) is 6.47 Å². The molecule has 49 heavy (non-hydrogen) atoms. The SMILES string of the molecule is CC.CC.CC.CC(=O)COC1CCC23OCC1C1CCC4C(=CCC5CC(CC(C)C)CCC54C)C12C3C.O=COCc1ccccc1. The zero-order valence-electron chi connectivity index (χ0n) is 33.2. The highest BCUT2D eigenvalue weighted by molar-refractivity contribution is 5.76. The van der Waals surface area contributed by atoms with Crippen molar-refractivity contribution in [2.45, 2.75) is 152 Å². The molecule has 7 aliphatic rings. The van der Waals surface area contributed by atoms with Crippen LogP contribution in [0.5, 0.6) is 0 Å². The molecule has 278 valence electrons. The van der Waals surface area contributed by atoms with Gasteiger partial charge in [-0.15, -0.1) is 0 Å². The molecule has 0 amide bonds. The summed E-state index contributed by atoms with van der Waals surface area (Å²) < 4.78 is 17.6. The van der Waals surface area contributed by atoms with Crippen LogP contribution in [0.3, 0.4) is 0 Å². The van der Waals surface area contributed by atoms with Crippen molar-refractivity contribution < 1.29 is 23.8 Å². The molecule has 0 aromatic heterocycles. The number of benzene rings is 1. The highest BCUT2D eigenvalue weighted by atomic mass is 16.5. The summed E-state index contributed by atoms with van der Waals surface area (Å²) in [5, 5.41) is 0. The number of allylic oxidation sites excluding steroid dienone is 1. The van der Waals surface area contributed by atoms with Crippen molar-refractivity contribution in [2.75, 3.05) is 13.2 Å². The largest absolute Gasteiger partial charge is 0.463 e. The van der Waals surface area contributed by atoms with Crippen molar-refractivity contribution in [3.05, 3.63) is 47.5 Å². The fraction of sp³-hybridized carbons (Fsp3) is 0.773. The van der Waals surface area contributed by atoms with Crippen LogP contribution in [0, 0.1) is 52.3 Å². The minimum absolute atomic E-state index is 0.0467. The van der Waals surface area contributed by atoms with Gasteiger partial charge >= 0.3 is 0 Å². The quantitative estimate of drug-likeness (QED) is 0.202. The van der Waals surface area contributed by atoms with Gasteiger partial charge in [0.15, 0.2) is 5.78 Å². The predicted molar refractivity (Wildman–Crippen MR) is 202 cm³/mol. The Labute approximate surface area is 300 Å². The molecule has 5 aliphatic carbocycles. The molecule has 0 radical (unpaired) electrons. The third kappa shape index (κ3) is 7.93. The first kappa shape index (κ1) is 41.4. The molecule has 2 saturated heterocycles. The number of rotatable bonds is 8. The monoisotopic (exact) mass is 681 g/mol. The fourth-order valence-electron chi connectivity index (χ4n) is 11.3. The van der Waals surface area contributed by atoms with E-state index in [1.54, 1.807) is 6.92 Å². The molecule has 5 heteroatoms. The number of Topliss-reactive ketones (excluding diaryl/α,β-unsaturated/α-hetero) is 1. The summed E-state index contributed by atoms with van der Waals surface area (Å²) in [7, 11) is 0. The second-order valence-corrected chi connectivity index (χ2v) is 15.5. The zero-order valence-corrected chi connectivity index (χ0v) is 33.2. The van der Waals surface area contributed by atoms with Crippen molar-refractivity contribution in [2.24, 2.45) is 52.3 Å². The Balaban J connectivity index is 0.000000344. The first-order chi connectivity index (χ1) is 23.7. The Bertz CT molecular complexity index is 1190. The van der Waals surface area contributed by atoms with E-state index in [4.69, 9.17) is 9.47 Å². The van der Waals surface area contributed by atoms with E-state index in [-0.39, 0.29) is 29.5 Å². The summed E-state index contributed by atoms with van der Waals surface area (Å²) in [4.78, 5) is 21.4. The number of ether oxygens (including phenoxy) is 3. The average molecular weight is 681 g/mol. The van der Waals surface area contributed by atoms with Gasteiger partial charge < -0.3 is 14.2 Å². The molecule has 1 aromatic carbocycles. The minimum Gasteiger partial charge on any atom is -0.463 e. The normalized spacial score (nSPS) is 37.3. The van der Waals surface area contributed by atoms with Crippen LogP contribution in [0.25, 0.3) is 0 Å². The second kappa shape index (κ2) is 18.5. The van der Waals surface area contributed by atoms with E-state index in [0.29, 0.717) is 36.2 Å². The molecule has 10 unspecified atom stereocenters. The maximum absolute atomic E-state index is 11.7. The molecular formula is C44H72O5. The smallest absolute Gasteiger partial charge is 0.293 e. The molecule has 0 N–H and O–H groups in total. The number of fused-ring (bicyclic) bond motifs is 6. The van der Waals surface area contributed by atoms with Gasteiger partial charge in [0.1, 0.15) is 13.2 Å². The lowest BCUT2D eigenvalue weighted by molar-refractivity contribution is -0.134. The van der Waals surface area contributed by atoms with E-state index in [1.807, 2.05) is 77.4 Å². The molecule has 10 atom stereocenters. The van der Waals surface area contributed by atoms with Crippen molar-refractivity contribution in [1.29, 1.82) is 0 Å². The van der Waals surface area contributed by atoms with Gasteiger partial charge in [-0.3, -0.25) is 9.59 Å². The highest BCUT2D eigenvalue weighted by Crippen LogP contribution is 2.83. The van der Waals surface area contributed by atoms with Gasteiger partial charge in [-0.2, -0.15) is 0 Å². The zero-order chi connectivity index (χ0) is 36.4. The van der Waals surface area contributed by atoms with Crippen LogP contribution in [-0.4, -0.2) is 37.2 Å². The van der Waals surface area contributed by atoms with Gasteiger partial charge in [0.2, 0.25) is 0 Å². The van der Waals surface area contributed by atoms with Gasteiger partial charge in [0, 0.05) is 11.3 Å². The summed E-state index contributed by atoms with van der Waals surface area (Å²) in [6, 6.07) is 9.55. The molecule has 5 nitrogen and oxygen atoms in total. The molecule has 6 fully saturated rings. The van der Waals surface area contributed by atoms with Gasteiger partial charge in [0.05, 0.1) is 18.3 Å². The highest BCUT2D eigenvalue weighted by Gasteiger charge is 2.84. The molecule has 4 saturated carbocycles. The summed E-state index contributed by atoms with van der Waals surface area (Å²) in [6.45, 7) is 25.5. The Kier molecular flexibility index (Phi) is 15.6. The number of hydrogen-bond acceptors (Lipinski definition) is 5. The lowest BCUT2D eigenvalue weighted by Crippen LogP contribution is -2.53. The predicted octanol–water partition coefficient (Wildman–Crippen LogP) is 11.0. The number of ketones is 1. The van der Waals surface area contributed by atoms with E-state index in [9.17, 15) is 9.59 Å². The van der Waals surface area contributed by atoms with Crippen LogP contribution < -0.4 is 0 Å². The molecule has 8 rings (SSSR count). The number of carbonyl (C=O) groups is 2. The Morgan fingerprint density at radius 2 is 1.69 bits per heavy atom. The van der Waals surface area contributed by atoms with Gasteiger partial charge in [-0.25, -0.2) is 0 Å². The molecule has 1 aromatic rings. The summed E-state index contributed by atoms with van der Waals surface area (Å²) >= 11 is 0. The lowest BCUT2D eigenvalue weighted by Gasteiger charge is -2.59. The van der Waals surface area contributed by atoms with E-state index >= 15 is 0 Å².